The molecule has 0 heterocycles. The Hall–Kier alpha value is -1.18. The SMILES string of the molecule is CCCCCCNc1ccc(OCCCC)cc1. The van der Waals surface area contributed by atoms with Crippen LogP contribution in [-0.2, 0) is 0 Å². The molecule has 0 saturated carbocycles. The third-order valence-electron chi connectivity index (χ3n) is 2.98. The molecule has 1 rings (SSSR count). The summed E-state index contributed by atoms with van der Waals surface area (Å²) in [6.45, 7) is 6.30. The van der Waals surface area contributed by atoms with Crippen LogP contribution in [-0.4, -0.2) is 13.2 Å². The fourth-order valence-corrected chi connectivity index (χ4v) is 1.79. The van der Waals surface area contributed by atoms with Gasteiger partial charge in [0, 0.05) is 12.2 Å². The van der Waals surface area contributed by atoms with Crippen LogP contribution < -0.4 is 10.1 Å². The van der Waals surface area contributed by atoms with E-state index in [0.29, 0.717) is 0 Å². The molecule has 1 N–H and O–H groups in total. The molecule has 2 nitrogen and oxygen atoms in total. The average Bonchev–Trinajstić information content (AvgIpc) is 2.40. The van der Waals surface area contributed by atoms with Crippen LogP contribution in [0.3, 0.4) is 0 Å². The Balaban J connectivity index is 2.19. The van der Waals surface area contributed by atoms with Crippen LogP contribution in [0.25, 0.3) is 0 Å². The van der Waals surface area contributed by atoms with E-state index < -0.39 is 0 Å². The Labute approximate surface area is 112 Å². The second-order valence-electron chi connectivity index (χ2n) is 4.71. The van der Waals surface area contributed by atoms with Gasteiger partial charge in [0.15, 0.2) is 0 Å². The van der Waals surface area contributed by atoms with E-state index in [1.165, 1.54) is 37.8 Å². The highest BCUT2D eigenvalue weighted by Gasteiger charge is 1.95. The zero-order valence-electron chi connectivity index (χ0n) is 11.9. The lowest BCUT2D eigenvalue weighted by molar-refractivity contribution is 0.309. The summed E-state index contributed by atoms with van der Waals surface area (Å²) in [5.41, 5.74) is 1.19. The lowest BCUT2D eigenvalue weighted by Gasteiger charge is -2.08. The predicted molar refractivity (Wildman–Crippen MR) is 79.5 cm³/mol. The first-order chi connectivity index (χ1) is 8.86. The molecule has 1 aromatic rings. The summed E-state index contributed by atoms with van der Waals surface area (Å²) < 4.78 is 5.63. The fourth-order valence-electron chi connectivity index (χ4n) is 1.79. The number of hydrogen-bond donors (Lipinski definition) is 1. The smallest absolute Gasteiger partial charge is 0.119 e. The minimum Gasteiger partial charge on any atom is -0.494 e. The van der Waals surface area contributed by atoms with Gasteiger partial charge in [-0.05, 0) is 37.1 Å². The summed E-state index contributed by atoms with van der Waals surface area (Å²) in [5.74, 6) is 0.972. The Bertz CT molecular complexity index is 294. The summed E-state index contributed by atoms with van der Waals surface area (Å²) in [6.07, 6.45) is 7.51. The van der Waals surface area contributed by atoms with Gasteiger partial charge in [-0.15, -0.1) is 0 Å². The number of unbranched alkanes of at least 4 members (excludes halogenated alkanes) is 4. The zero-order chi connectivity index (χ0) is 13.1. The van der Waals surface area contributed by atoms with Crippen molar-refractivity contribution in [1.29, 1.82) is 0 Å². The molecule has 0 unspecified atom stereocenters. The van der Waals surface area contributed by atoms with Crippen molar-refractivity contribution < 1.29 is 4.74 Å². The summed E-state index contributed by atoms with van der Waals surface area (Å²) in [4.78, 5) is 0. The number of hydrogen-bond acceptors (Lipinski definition) is 2. The lowest BCUT2D eigenvalue weighted by atomic mass is 10.2. The van der Waals surface area contributed by atoms with Crippen molar-refractivity contribution >= 4 is 5.69 Å². The van der Waals surface area contributed by atoms with E-state index in [1.54, 1.807) is 0 Å². The maximum Gasteiger partial charge on any atom is 0.119 e. The fraction of sp³-hybridized carbons (Fsp3) is 0.625. The van der Waals surface area contributed by atoms with Crippen LogP contribution in [0.5, 0.6) is 5.75 Å². The number of benzene rings is 1. The van der Waals surface area contributed by atoms with Crippen LogP contribution in [0, 0.1) is 0 Å². The molecule has 0 saturated heterocycles. The standard InChI is InChI=1S/C16H27NO/c1-3-5-7-8-13-17-15-9-11-16(12-10-15)18-14-6-4-2/h9-12,17H,3-8,13-14H2,1-2H3. The summed E-state index contributed by atoms with van der Waals surface area (Å²) in [6, 6.07) is 8.29. The molecule has 0 aliphatic carbocycles. The van der Waals surface area contributed by atoms with E-state index in [-0.39, 0.29) is 0 Å². The van der Waals surface area contributed by atoms with Gasteiger partial charge in [-0.1, -0.05) is 39.5 Å². The Morgan fingerprint density at radius 2 is 1.61 bits per heavy atom. The highest BCUT2D eigenvalue weighted by atomic mass is 16.5. The minimum atomic E-state index is 0.820. The minimum absolute atomic E-state index is 0.820. The van der Waals surface area contributed by atoms with E-state index >= 15 is 0 Å². The van der Waals surface area contributed by atoms with Crippen molar-refractivity contribution in [3.05, 3.63) is 24.3 Å². The van der Waals surface area contributed by atoms with Crippen LogP contribution in [0.1, 0.15) is 52.4 Å². The average molecular weight is 249 g/mol. The molecular weight excluding hydrogens is 222 g/mol. The molecule has 0 amide bonds. The second kappa shape index (κ2) is 9.81. The van der Waals surface area contributed by atoms with Gasteiger partial charge >= 0.3 is 0 Å². The van der Waals surface area contributed by atoms with Crippen molar-refractivity contribution in [3.8, 4) is 5.75 Å². The number of ether oxygens (including phenoxy) is 1. The van der Waals surface area contributed by atoms with Crippen molar-refractivity contribution in [2.45, 2.75) is 52.4 Å². The lowest BCUT2D eigenvalue weighted by Crippen LogP contribution is -2.01. The van der Waals surface area contributed by atoms with Crippen molar-refractivity contribution in [2.75, 3.05) is 18.5 Å². The first-order valence-electron chi connectivity index (χ1n) is 7.33. The molecule has 2 heteroatoms. The maximum atomic E-state index is 5.63. The summed E-state index contributed by atoms with van der Waals surface area (Å²) in [7, 11) is 0. The molecule has 0 fully saturated rings. The van der Waals surface area contributed by atoms with E-state index in [9.17, 15) is 0 Å². The van der Waals surface area contributed by atoms with Gasteiger partial charge in [-0.3, -0.25) is 0 Å². The molecule has 1 aromatic carbocycles. The predicted octanol–water partition coefficient (Wildman–Crippen LogP) is 4.86. The molecule has 0 aliphatic rings. The summed E-state index contributed by atoms with van der Waals surface area (Å²) >= 11 is 0. The van der Waals surface area contributed by atoms with E-state index in [1.807, 2.05) is 12.1 Å². The first-order valence-corrected chi connectivity index (χ1v) is 7.33. The molecular formula is C16H27NO. The second-order valence-corrected chi connectivity index (χ2v) is 4.71. The van der Waals surface area contributed by atoms with E-state index in [4.69, 9.17) is 4.74 Å². The first kappa shape index (κ1) is 14.9. The molecule has 0 atom stereocenters. The van der Waals surface area contributed by atoms with Gasteiger partial charge in [-0.2, -0.15) is 0 Å². The van der Waals surface area contributed by atoms with Gasteiger partial charge in [-0.25, -0.2) is 0 Å². The van der Waals surface area contributed by atoms with Gasteiger partial charge < -0.3 is 10.1 Å². The van der Waals surface area contributed by atoms with E-state index in [0.717, 1.165) is 25.3 Å². The largest absolute Gasteiger partial charge is 0.494 e. The van der Waals surface area contributed by atoms with Crippen molar-refractivity contribution in [2.24, 2.45) is 0 Å². The van der Waals surface area contributed by atoms with Gasteiger partial charge in [0.05, 0.1) is 6.61 Å². The topological polar surface area (TPSA) is 21.3 Å². The quantitative estimate of drug-likeness (QED) is 0.598. The van der Waals surface area contributed by atoms with Crippen LogP contribution in [0.15, 0.2) is 24.3 Å². The highest BCUT2D eigenvalue weighted by Crippen LogP contribution is 2.16. The summed E-state index contributed by atoms with van der Waals surface area (Å²) in [5, 5.41) is 3.44. The van der Waals surface area contributed by atoms with E-state index in [2.05, 4.69) is 31.3 Å². The maximum absolute atomic E-state index is 5.63. The monoisotopic (exact) mass is 249 g/mol. The van der Waals surface area contributed by atoms with Crippen LogP contribution in [0.2, 0.25) is 0 Å². The molecule has 0 aliphatic heterocycles. The normalized spacial score (nSPS) is 10.3. The third-order valence-corrected chi connectivity index (χ3v) is 2.98. The van der Waals surface area contributed by atoms with Gasteiger partial charge in [0.25, 0.3) is 0 Å². The number of anilines is 1. The molecule has 0 radical (unpaired) electrons. The Morgan fingerprint density at radius 1 is 0.889 bits per heavy atom. The van der Waals surface area contributed by atoms with Gasteiger partial charge in [0.1, 0.15) is 5.75 Å². The molecule has 0 aromatic heterocycles. The molecule has 18 heavy (non-hydrogen) atoms. The molecule has 0 bridgehead atoms. The van der Waals surface area contributed by atoms with Crippen molar-refractivity contribution in [3.63, 3.8) is 0 Å². The molecule has 102 valence electrons. The highest BCUT2D eigenvalue weighted by molar-refractivity contribution is 5.46. The molecule has 0 spiro atoms. The Kier molecular flexibility index (Phi) is 8.11. The zero-order valence-corrected chi connectivity index (χ0v) is 11.9. The van der Waals surface area contributed by atoms with Gasteiger partial charge in [0.2, 0.25) is 0 Å². The Morgan fingerprint density at radius 3 is 2.28 bits per heavy atom. The van der Waals surface area contributed by atoms with Crippen LogP contribution in [0.4, 0.5) is 5.69 Å². The number of rotatable bonds is 10. The van der Waals surface area contributed by atoms with Crippen molar-refractivity contribution in [1.82, 2.24) is 0 Å². The van der Waals surface area contributed by atoms with Crippen LogP contribution >= 0.6 is 0 Å². The number of nitrogens with one attached hydrogen (secondary N) is 1. The third kappa shape index (κ3) is 6.53.